The van der Waals surface area contributed by atoms with E-state index in [1.807, 2.05) is 24.3 Å². The number of nitrogens with two attached hydrogens (primary N) is 1. The molecular formula is C25H27Cl2N3O5. The molecule has 0 aliphatic heterocycles. The molecule has 0 spiro atoms. The molecule has 0 aliphatic carbocycles. The molecular weight excluding hydrogens is 493 g/mol. The van der Waals surface area contributed by atoms with Gasteiger partial charge in [-0.15, -0.1) is 0 Å². The molecule has 0 saturated carbocycles. The number of halogens is 2. The number of amides is 1. The first-order valence-electron chi connectivity index (χ1n) is 10.4. The van der Waals surface area contributed by atoms with E-state index in [4.69, 9.17) is 53.7 Å². The summed E-state index contributed by atoms with van der Waals surface area (Å²) in [5, 5.41) is 20.5. The standard InChI is InChI=1S/C18H21ClN2O3.C7H6ClNO2/c1-22-16-9-14(11-20)10-17(23-2)18(16)24-8-7-21-12-13-3-5-15(19)6-4-13;8-5-3-4(7(9)11)1-2-6(5)10/h3-6,9-11,20-21H,7-8,12H2,1-2H3;1-3,10H,(H2,9,11). The summed E-state index contributed by atoms with van der Waals surface area (Å²) in [7, 11) is 3.13. The van der Waals surface area contributed by atoms with Gasteiger partial charge in [-0.25, -0.2) is 0 Å². The second-order valence-corrected chi connectivity index (χ2v) is 7.92. The smallest absolute Gasteiger partial charge is 0.248 e. The van der Waals surface area contributed by atoms with Gasteiger partial charge in [0.05, 0.1) is 19.2 Å². The summed E-state index contributed by atoms with van der Waals surface area (Å²) in [5.74, 6) is 1.01. The summed E-state index contributed by atoms with van der Waals surface area (Å²) in [6.45, 7) is 1.87. The lowest BCUT2D eigenvalue weighted by Crippen LogP contribution is -2.20. The third kappa shape index (κ3) is 8.68. The van der Waals surface area contributed by atoms with Gasteiger partial charge in [0.25, 0.3) is 0 Å². The average molecular weight is 520 g/mol. The Morgan fingerprint density at radius 2 is 1.69 bits per heavy atom. The normalized spacial score (nSPS) is 10.1. The van der Waals surface area contributed by atoms with Crippen molar-refractivity contribution in [1.82, 2.24) is 5.32 Å². The number of aromatic hydroxyl groups is 1. The van der Waals surface area contributed by atoms with Crippen molar-refractivity contribution in [1.29, 1.82) is 5.41 Å². The Morgan fingerprint density at radius 1 is 1.06 bits per heavy atom. The molecule has 0 bridgehead atoms. The first-order chi connectivity index (χ1) is 16.8. The predicted octanol–water partition coefficient (Wildman–Crippen LogP) is 4.67. The first kappa shape index (κ1) is 27.8. The van der Waals surface area contributed by atoms with Gasteiger partial charge < -0.3 is 35.8 Å². The van der Waals surface area contributed by atoms with E-state index in [0.29, 0.717) is 36.0 Å². The molecule has 0 aromatic heterocycles. The number of benzene rings is 3. The average Bonchev–Trinajstić information content (AvgIpc) is 2.86. The predicted molar refractivity (Wildman–Crippen MR) is 138 cm³/mol. The van der Waals surface area contributed by atoms with Crippen LogP contribution in [0.4, 0.5) is 0 Å². The first-order valence-corrected chi connectivity index (χ1v) is 11.2. The van der Waals surface area contributed by atoms with Gasteiger partial charge in [0, 0.05) is 29.9 Å². The third-order valence-corrected chi connectivity index (χ3v) is 5.20. The summed E-state index contributed by atoms with van der Waals surface area (Å²) >= 11 is 11.4. The molecule has 0 aliphatic rings. The summed E-state index contributed by atoms with van der Waals surface area (Å²) in [4.78, 5) is 10.5. The molecule has 0 fully saturated rings. The van der Waals surface area contributed by atoms with Crippen LogP contribution in [-0.2, 0) is 6.54 Å². The molecule has 5 N–H and O–H groups in total. The van der Waals surface area contributed by atoms with Crippen molar-refractivity contribution in [3.63, 3.8) is 0 Å². The van der Waals surface area contributed by atoms with E-state index < -0.39 is 5.91 Å². The number of hydrogen-bond acceptors (Lipinski definition) is 7. The van der Waals surface area contributed by atoms with Gasteiger partial charge in [0.15, 0.2) is 11.5 Å². The summed E-state index contributed by atoms with van der Waals surface area (Å²) in [6, 6.07) is 15.2. The van der Waals surface area contributed by atoms with Gasteiger partial charge in [-0.05, 0) is 53.6 Å². The number of carbonyl (C=O) groups is 1. The van der Waals surface area contributed by atoms with E-state index in [2.05, 4.69) is 5.32 Å². The molecule has 10 heteroatoms. The Hall–Kier alpha value is -3.46. The highest BCUT2D eigenvalue weighted by molar-refractivity contribution is 6.32. The molecule has 0 unspecified atom stereocenters. The number of nitrogens with one attached hydrogen (secondary N) is 2. The van der Waals surface area contributed by atoms with Crippen LogP contribution in [0.2, 0.25) is 10.0 Å². The Labute approximate surface area is 214 Å². The quantitative estimate of drug-likeness (QED) is 0.227. The molecule has 0 heterocycles. The van der Waals surface area contributed by atoms with Gasteiger partial charge >= 0.3 is 0 Å². The van der Waals surface area contributed by atoms with Gasteiger partial charge in [-0.2, -0.15) is 0 Å². The molecule has 3 aromatic rings. The van der Waals surface area contributed by atoms with Crippen LogP contribution in [0.5, 0.6) is 23.0 Å². The van der Waals surface area contributed by atoms with Crippen LogP contribution in [-0.4, -0.2) is 44.6 Å². The maximum atomic E-state index is 10.5. The monoisotopic (exact) mass is 519 g/mol. The van der Waals surface area contributed by atoms with Crippen molar-refractivity contribution >= 4 is 35.3 Å². The zero-order chi connectivity index (χ0) is 25.8. The minimum atomic E-state index is -0.563. The van der Waals surface area contributed by atoms with Crippen molar-refractivity contribution in [2.45, 2.75) is 6.54 Å². The minimum Gasteiger partial charge on any atom is -0.506 e. The molecule has 1 amide bonds. The molecule has 3 aromatic carbocycles. The molecule has 8 nitrogen and oxygen atoms in total. The van der Waals surface area contributed by atoms with E-state index in [9.17, 15) is 4.79 Å². The minimum absolute atomic E-state index is 0.0586. The fourth-order valence-corrected chi connectivity index (χ4v) is 3.15. The fourth-order valence-electron chi connectivity index (χ4n) is 2.85. The van der Waals surface area contributed by atoms with Crippen molar-refractivity contribution in [2.24, 2.45) is 5.73 Å². The van der Waals surface area contributed by atoms with Gasteiger partial charge in [0.1, 0.15) is 12.4 Å². The number of rotatable bonds is 10. The van der Waals surface area contributed by atoms with Crippen LogP contribution in [0.15, 0.2) is 54.6 Å². The van der Waals surface area contributed by atoms with E-state index >= 15 is 0 Å². The number of primary amides is 1. The fraction of sp³-hybridized carbons (Fsp3) is 0.200. The van der Waals surface area contributed by atoms with E-state index in [1.165, 1.54) is 24.4 Å². The van der Waals surface area contributed by atoms with Crippen LogP contribution in [0.1, 0.15) is 21.5 Å². The van der Waals surface area contributed by atoms with Gasteiger partial charge in [0.2, 0.25) is 11.7 Å². The van der Waals surface area contributed by atoms with Crippen molar-refractivity contribution < 1.29 is 24.1 Å². The number of phenols is 1. The van der Waals surface area contributed by atoms with Crippen LogP contribution < -0.4 is 25.3 Å². The highest BCUT2D eigenvalue weighted by atomic mass is 35.5. The lowest BCUT2D eigenvalue weighted by Gasteiger charge is -2.15. The molecule has 0 saturated heterocycles. The molecule has 186 valence electrons. The topological polar surface area (TPSA) is 127 Å². The van der Waals surface area contributed by atoms with Crippen molar-refractivity contribution in [3.05, 3.63) is 81.3 Å². The number of methoxy groups -OCH3 is 2. The van der Waals surface area contributed by atoms with Crippen LogP contribution >= 0.6 is 23.2 Å². The lowest BCUT2D eigenvalue weighted by atomic mass is 10.2. The van der Waals surface area contributed by atoms with Crippen molar-refractivity contribution in [3.8, 4) is 23.0 Å². The molecule has 0 atom stereocenters. The third-order valence-electron chi connectivity index (χ3n) is 4.65. The number of phenolic OH excluding ortho intramolecular Hbond substituents is 1. The molecule has 3 rings (SSSR count). The van der Waals surface area contributed by atoms with Crippen LogP contribution in [0, 0.1) is 5.41 Å². The van der Waals surface area contributed by atoms with Crippen LogP contribution in [0.3, 0.4) is 0 Å². The van der Waals surface area contributed by atoms with Crippen molar-refractivity contribution in [2.75, 3.05) is 27.4 Å². The highest BCUT2D eigenvalue weighted by Gasteiger charge is 2.13. The van der Waals surface area contributed by atoms with E-state index in [1.54, 1.807) is 26.4 Å². The van der Waals surface area contributed by atoms with E-state index in [0.717, 1.165) is 17.1 Å². The second kappa shape index (κ2) is 14.1. The maximum absolute atomic E-state index is 10.5. The second-order valence-electron chi connectivity index (χ2n) is 7.08. The Bertz CT molecular complexity index is 1120. The zero-order valence-corrected chi connectivity index (χ0v) is 20.8. The van der Waals surface area contributed by atoms with Gasteiger partial charge in [-0.3, -0.25) is 4.79 Å². The summed E-state index contributed by atoms with van der Waals surface area (Å²) in [5.41, 5.74) is 7.09. The van der Waals surface area contributed by atoms with Gasteiger partial charge in [-0.1, -0.05) is 35.3 Å². The molecule has 35 heavy (non-hydrogen) atoms. The van der Waals surface area contributed by atoms with Crippen LogP contribution in [0.25, 0.3) is 0 Å². The Morgan fingerprint density at radius 3 is 2.20 bits per heavy atom. The molecule has 0 radical (unpaired) electrons. The lowest BCUT2D eigenvalue weighted by molar-refractivity contribution is 0.100. The van der Waals surface area contributed by atoms with E-state index in [-0.39, 0.29) is 16.3 Å². The number of carbonyl (C=O) groups excluding carboxylic acids is 1. The SMILES string of the molecule is COc1cc(C=N)cc(OC)c1OCCNCc1ccc(Cl)cc1.NC(=O)c1ccc(O)c(Cl)c1. The highest BCUT2D eigenvalue weighted by Crippen LogP contribution is 2.38. The Balaban J connectivity index is 0.000000328. The maximum Gasteiger partial charge on any atom is 0.248 e. The zero-order valence-electron chi connectivity index (χ0n) is 19.3. The Kier molecular flexibility index (Phi) is 11.2. The largest absolute Gasteiger partial charge is 0.506 e. The summed E-state index contributed by atoms with van der Waals surface area (Å²) in [6.07, 6.45) is 1.24. The number of ether oxygens (including phenoxy) is 3. The number of hydrogen-bond donors (Lipinski definition) is 4. The summed E-state index contributed by atoms with van der Waals surface area (Å²) < 4.78 is 16.5.